The predicted molar refractivity (Wildman–Crippen MR) is 71.5 cm³/mol. The Morgan fingerprint density at radius 3 is 3.00 bits per heavy atom. The maximum absolute atomic E-state index is 4.49. The quantitative estimate of drug-likeness (QED) is 0.518. The van der Waals surface area contributed by atoms with E-state index < -0.39 is 0 Å². The van der Waals surface area contributed by atoms with Crippen LogP contribution in [-0.4, -0.2) is 18.4 Å². The first-order chi connectivity index (χ1) is 8.31. The van der Waals surface area contributed by atoms with E-state index in [9.17, 15) is 0 Å². The summed E-state index contributed by atoms with van der Waals surface area (Å²) in [5.41, 5.74) is 11.2. The maximum Gasteiger partial charge on any atom is 0.109 e. The van der Waals surface area contributed by atoms with E-state index in [4.69, 9.17) is 0 Å². The third-order valence-corrected chi connectivity index (χ3v) is 4.02. The highest BCUT2D eigenvalue weighted by molar-refractivity contribution is 5.81. The molecule has 2 fully saturated rings. The van der Waals surface area contributed by atoms with E-state index in [0.717, 1.165) is 24.8 Å². The zero-order valence-electron chi connectivity index (χ0n) is 11.1. The summed E-state index contributed by atoms with van der Waals surface area (Å²) in [4.78, 5) is 0. The highest BCUT2D eigenvalue weighted by Crippen LogP contribution is 2.32. The minimum absolute atomic E-state index is 0.306. The normalized spacial score (nSPS) is 34.2. The van der Waals surface area contributed by atoms with Crippen molar-refractivity contribution in [3.8, 4) is 0 Å². The SMILES string of the molecule is CCC/C(C)=N\NC1NNCC2CCCCC21. The zero-order chi connectivity index (χ0) is 12.1. The Hall–Kier alpha value is -0.610. The lowest BCUT2D eigenvalue weighted by atomic mass is 9.77. The van der Waals surface area contributed by atoms with Gasteiger partial charge in [0.15, 0.2) is 0 Å². The van der Waals surface area contributed by atoms with E-state index in [1.807, 2.05) is 0 Å². The highest BCUT2D eigenvalue weighted by atomic mass is 15.5. The molecule has 3 N–H and O–H groups in total. The number of hydrazine groups is 1. The van der Waals surface area contributed by atoms with Gasteiger partial charge in [0.1, 0.15) is 6.17 Å². The summed E-state index contributed by atoms with van der Waals surface area (Å²) in [6.07, 6.45) is 8.03. The third kappa shape index (κ3) is 3.42. The van der Waals surface area contributed by atoms with Gasteiger partial charge in [-0.1, -0.05) is 26.2 Å². The highest BCUT2D eigenvalue weighted by Gasteiger charge is 2.34. The van der Waals surface area contributed by atoms with Crippen LogP contribution in [0.3, 0.4) is 0 Å². The Bertz CT molecular complexity index is 262. The molecule has 2 rings (SSSR count). The van der Waals surface area contributed by atoms with Crippen molar-refractivity contribution in [1.82, 2.24) is 16.3 Å². The summed E-state index contributed by atoms with van der Waals surface area (Å²) in [5.74, 6) is 1.56. The fourth-order valence-electron chi connectivity index (χ4n) is 3.06. The second-order valence-corrected chi connectivity index (χ2v) is 5.44. The number of nitrogens with zero attached hydrogens (tertiary/aromatic N) is 1. The van der Waals surface area contributed by atoms with Crippen molar-refractivity contribution < 1.29 is 0 Å². The van der Waals surface area contributed by atoms with Crippen molar-refractivity contribution in [2.75, 3.05) is 6.54 Å². The smallest absolute Gasteiger partial charge is 0.109 e. The fraction of sp³-hybridized carbons (Fsp3) is 0.923. The largest absolute Gasteiger partial charge is 0.291 e. The van der Waals surface area contributed by atoms with E-state index in [2.05, 4.69) is 35.2 Å². The Morgan fingerprint density at radius 1 is 1.35 bits per heavy atom. The molecule has 1 aliphatic heterocycles. The molecule has 3 unspecified atom stereocenters. The maximum atomic E-state index is 4.49. The van der Waals surface area contributed by atoms with Gasteiger partial charge in [-0.25, -0.2) is 5.43 Å². The van der Waals surface area contributed by atoms with Crippen molar-refractivity contribution in [3.05, 3.63) is 0 Å². The van der Waals surface area contributed by atoms with Crippen molar-refractivity contribution in [1.29, 1.82) is 0 Å². The second kappa shape index (κ2) is 6.36. The van der Waals surface area contributed by atoms with Gasteiger partial charge in [0, 0.05) is 12.3 Å². The molecule has 17 heavy (non-hydrogen) atoms. The average molecular weight is 238 g/mol. The van der Waals surface area contributed by atoms with Crippen LogP contribution in [0, 0.1) is 11.8 Å². The molecule has 1 aliphatic carbocycles. The summed E-state index contributed by atoms with van der Waals surface area (Å²) in [5, 5.41) is 4.49. The van der Waals surface area contributed by atoms with Crippen molar-refractivity contribution in [2.45, 2.75) is 58.5 Å². The molecular weight excluding hydrogens is 212 g/mol. The molecule has 98 valence electrons. The lowest BCUT2D eigenvalue weighted by molar-refractivity contribution is 0.0995. The van der Waals surface area contributed by atoms with Crippen LogP contribution in [0.25, 0.3) is 0 Å². The minimum Gasteiger partial charge on any atom is -0.291 e. The molecular formula is C13H26N4. The van der Waals surface area contributed by atoms with Gasteiger partial charge < -0.3 is 0 Å². The van der Waals surface area contributed by atoms with Gasteiger partial charge in [0.25, 0.3) is 0 Å². The van der Waals surface area contributed by atoms with E-state index in [1.165, 1.54) is 37.8 Å². The molecule has 4 heteroatoms. The fourth-order valence-corrected chi connectivity index (χ4v) is 3.06. The van der Waals surface area contributed by atoms with Gasteiger partial charge in [0.05, 0.1) is 0 Å². The Labute approximate surface area is 105 Å². The molecule has 0 radical (unpaired) electrons. The molecule has 1 saturated carbocycles. The summed E-state index contributed by atoms with van der Waals surface area (Å²) in [6, 6.07) is 0. The number of nitrogens with one attached hydrogen (secondary N) is 3. The van der Waals surface area contributed by atoms with Gasteiger partial charge in [-0.05, 0) is 38.0 Å². The van der Waals surface area contributed by atoms with Crippen LogP contribution in [0.5, 0.6) is 0 Å². The second-order valence-electron chi connectivity index (χ2n) is 5.44. The Balaban J connectivity index is 1.88. The molecule has 0 bridgehead atoms. The third-order valence-electron chi connectivity index (χ3n) is 4.02. The van der Waals surface area contributed by atoms with Crippen LogP contribution in [0.2, 0.25) is 0 Å². The van der Waals surface area contributed by atoms with Crippen LogP contribution in [0.4, 0.5) is 0 Å². The topological polar surface area (TPSA) is 48.5 Å². The summed E-state index contributed by atoms with van der Waals surface area (Å²) in [6.45, 7) is 5.40. The van der Waals surface area contributed by atoms with Gasteiger partial charge >= 0.3 is 0 Å². The van der Waals surface area contributed by atoms with E-state index in [1.54, 1.807) is 0 Å². The lowest BCUT2D eigenvalue weighted by Crippen LogP contribution is -2.61. The van der Waals surface area contributed by atoms with E-state index >= 15 is 0 Å². The van der Waals surface area contributed by atoms with Crippen LogP contribution >= 0.6 is 0 Å². The van der Waals surface area contributed by atoms with E-state index in [0.29, 0.717) is 6.17 Å². The molecule has 1 heterocycles. The number of hydrogen-bond donors (Lipinski definition) is 3. The van der Waals surface area contributed by atoms with Gasteiger partial charge in [-0.15, -0.1) is 0 Å². The first-order valence-electron chi connectivity index (χ1n) is 7.08. The molecule has 0 aromatic carbocycles. The lowest BCUT2D eigenvalue weighted by Gasteiger charge is -2.41. The molecule has 0 amide bonds. The van der Waals surface area contributed by atoms with Gasteiger partial charge in [-0.2, -0.15) is 5.10 Å². The minimum atomic E-state index is 0.306. The zero-order valence-corrected chi connectivity index (χ0v) is 11.1. The number of hydrogen-bond acceptors (Lipinski definition) is 4. The molecule has 0 aromatic rings. The van der Waals surface area contributed by atoms with Crippen LogP contribution in [0.15, 0.2) is 5.10 Å². The Kier molecular flexibility index (Phi) is 4.80. The molecule has 1 saturated heterocycles. The standard InChI is InChI=1S/C13H26N4/c1-3-6-10(2)15-17-13-12-8-5-4-7-11(12)9-14-16-13/h11-14,16-17H,3-9H2,1-2H3/b15-10-. The monoisotopic (exact) mass is 238 g/mol. The summed E-state index contributed by atoms with van der Waals surface area (Å²) in [7, 11) is 0. The van der Waals surface area contributed by atoms with Crippen LogP contribution in [-0.2, 0) is 0 Å². The number of rotatable bonds is 4. The molecule has 4 nitrogen and oxygen atoms in total. The predicted octanol–water partition coefficient (Wildman–Crippen LogP) is 1.99. The molecule has 0 spiro atoms. The van der Waals surface area contributed by atoms with Gasteiger partial charge in [0.2, 0.25) is 0 Å². The molecule has 0 aromatic heterocycles. The molecule has 2 aliphatic rings. The van der Waals surface area contributed by atoms with Crippen molar-refractivity contribution in [2.24, 2.45) is 16.9 Å². The first-order valence-corrected chi connectivity index (χ1v) is 7.08. The number of hydrazone groups is 1. The van der Waals surface area contributed by atoms with Crippen molar-refractivity contribution >= 4 is 5.71 Å². The average Bonchev–Trinajstić information content (AvgIpc) is 2.36. The first kappa shape index (κ1) is 12.8. The Morgan fingerprint density at radius 2 is 2.18 bits per heavy atom. The van der Waals surface area contributed by atoms with Crippen LogP contribution in [0.1, 0.15) is 52.4 Å². The molecule has 3 atom stereocenters. The summed E-state index contributed by atoms with van der Waals surface area (Å²) >= 11 is 0. The summed E-state index contributed by atoms with van der Waals surface area (Å²) < 4.78 is 0. The number of fused-ring (bicyclic) bond motifs is 1. The van der Waals surface area contributed by atoms with Crippen LogP contribution < -0.4 is 16.3 Å². The van der Waals surface area contributed by atoms with E-state index in [-0.39, 0.29) is 0 Å². The van der Waals surface area contributed by atoms with Gasteiger partial charge in [-0.3, -0.25) is 10.9 Å². The van der Waals surface area contributed by atoms with Crippen molar-refractivity contribution in [3.63, 3.8) is 0 Å².